The average molecular weight is 267 g/mol. The number of thioether (sulfide) groups is 1. The molecule has 0 saturated carbocycles. The summed E-state index contributed by atoms with van der Waals surface area (Å²) in [6, 6.07) is 1.76. The SMILES string of the molecule is CC(=O)SCCC(O)C(O)c1cnc(C#N)nc1. The Morgan fingerprint density at radius 2 is 2.11 bits per heavy atom. The monoisotopic (exact) mass is 267 g/mol. The van der Waals surface area contributed by atoms with E-state index in [0.717, 1.165) is 11.8 Å². The van der Waals surface area contributed by atoms with E-state index in [1.54, 1.807) is 6.07 Å². The lowest BCUT2D eigenvalue weighted by Gasteiger charge is -2.16. The van der Waals surface area contributed by atoms with Crippen LogP contribution in [-0.4, -0.2) is 37.2 Å². The first-order valence-electron chi connectivity index (χ1n) is 5.26. The predicted octanol–water partition coefficient (Wildman–Crippen LogP) is 0.412. The van der Waals surface area contributed by atoms with E-state index in [0.29, 0.717) is 11.3 Å². The zero-order chi connectivity index (χ0) is 13.5. The lowest BCUT2D eigenvalue weighted by molar-refractivity contribution is -0.109. The van der Waals surface area contributed by atoms with E-state index in [9.17, 15) is 15.0 Å². The molecule has 0 bridgehead atoms. The maximum Gasteiger partial charge on any atom is 0.232 e. The summed E-state index contributed by atoms with van der Waals surface area (Å²) < 4.78 is 0. The third-order valence-electron chi connectivity index (χ3n) is 2.20. The Morgan fingerprint density at radius 3 is 2.61 bits per heavy atom. The number of aromatic nitrogens is 2. The van der Waals surface area contributed by atoms with Gasteiger partial charge in [-0.05, 0) is 6.42 Å². The van der Waals surface area contributed by atoms with Crippen LogP contribution in [0.5, 0.6) is 0 Å². The molecule has 2 N–H and O–H groups in total. The fraction of sp³-hybridized carbons (Fsp3) is 0.455. The Morgan fingerprint density at radius 1 is 1.50 bits per heavy atom. The fourth-order valence-electron chi connectivity index (χ4n) is 1.25. The predicted molar refractivity (Wildman–Crippen MR) is 65.5 cm³/mol. The van der Waals surface area contributed by atoms with Crippen LogP contribution in [0.4, 0.5) is 0 Å². The summed E-state index contributed by atoms with van der Waals surface area (Å²) in [6.07, 6.45) is 0.777. The maximum atomic E-state index is 10.7. The molecule has 1 heterocycles. The van der Waals surface area contributed by atoms with E-state index in [1.807, 2.05) is 0 Å². The lowest BCUT2D eigenvalue weighted by atomic mass is 10.1. The first-order chi connectivity index (χ1) is 8.54. The second-order valence-corrected chi connectivity index (χ2v) is 4.86. The highest BCUT2D eigenvalue weighted by Crippen LogP contribution is 2.19. The minimum Gasteiger partial charge on any atom is -0.390 e. The molecule has 0 aliphatic heterocycles. The first kappa shape index (κ1) is 14.6. The Bertz CT molecular complexity index is 444. The maximum absolute atomic E-state index is 10.7. The number of hydrogen-bond acceptors (Lipinski definition) is 7. The molecule has 0 aliphatic carbocycles. The van der Waals surface area contributed by atoms with E-state index >= 15 is 0 Å². The summed E-state index contributed by atoms with van der Waals surface area (Å²) in [6.45, 7) is 1.45. The lowest BCUT2D eigenvalue weighted by Crippen LogP contribution is -2.19. The first-order valence-corrected chi connectivity index (χ1v) is 6.24. The van der Waals surface area contributed by atoms with Crippen molar-refractivity contribution in [3.63, 3.8) is 0 Å². The van der Waals surface area contributed by atoms with Gasteiger partial charge in [-0.25, -0.2) is 9.97 Å². The zero-order valence-electron chi connectivity index (χ0n) is 9.78. The Labute approximate surface area is 109 Å². The van der Waals surface area contributed by atoms with Gasteiger partial charge in [-0.1, -0.05) is 11.8 Å². The van der Waals surface area contributed by atoms with Crippen LogP contribution in [0.15, 0.2) is 12.4 Å². The molecule has 6 nitrogen and oxygen atoms in total. The van der Waals surface area contributed by atoms with Gasteiger partial charge in [-0.2, -0.15) is 5.26 Å². The molecule has 7 heteroatoms. The highest BCUT2D eigenvalue weighted by molar-refractivity contribution is 8.13. The molecule has 1 aromatic heterocycles. The van der Waals surface area contributed by atoms with Crippen molar-refractivity contribution in [1.29, 1.82) is 5.26 Å². The molecule has 0 spiro atoms. The quantitative estimate of drug-likeness (QED) is 0.795. The summed E-state index contributed by atoms with van der Waals surface area (Å²) in [5.41, 5.74) is 0.342. The van der Waals surface area contributed by atoms with Crippen LogP contribution in [0.1, 0.15) is 30.8 Å². The van der Waals surface area contributed by atoms with E-state index in [-0.39, 0.29) is 17.4 Å². The van der Waals surface area contributed by atoms with Crippen molar-refractivity contribution in [2.24, 2.45) is 0 Å². The minimum absolute atomic E-state index is 0.00701. The molecule has 0 saturated heterocycles. The molecule has 2 atom stereocenters. The summed E-state index contributed by atoms with van der Waals surface area (Å²) in [7, 11) is 0. The van der Waals surface area contributed by atoms with Crippen molar-refractivity contribution in [3.8, 4) is 6.07 Å². The number of aliphatic hydroxyl groups excluding tert-OH is 2. The molecule has 18 heavy (non-hydrogen) atoms. The standard InChI is InChI=1S/C11H13N3O3S/c1-7(15)18-3-2-9(16)11(17)8-5-13-10(4-12)14-6-8/h5-6,9,11,16-17H,2-3H2,1H3. The summed E-state index contributed by atoms with van der Waals surface area (Å²) >= 11 is 1.09. The van der Waals surface area contributed by atoms with E-state index < -0.39 is 12.2 Å². The van der Waals surface area contributed by atoms with E-state index in [4.69, 9.17) is 5.26 Å². The number of nitriles is 1. The molecule has 0 aliphatic rings. The Kier molecular flexibility index (Phi) is 5.71. The van der Waals surface area contributed by atoms with Crippen LogP contribution < -0.4 is 0 Å². The molecule has 0 fully saturated rings. The molecule has 96 valence electrons. The zero-order valence-corrected chi connectivity index (χ0v) is 10.6. The molecule has 1 rings (SSSR count). The third-order valence-corrected chi connectivity index (χ3v) is 3.04. The van der Waals surface area contributed by atoms with Crippen LogP contribution in [0.25, 0.3) is 0 Å². The molecule has 2 unspecified atom stereocenters. The molecule has 1 aromatic rings. The molecule has 0 amide bonds. The van der Waals surface area contributed by atoms with Gasteiger partial charge in [0.15, 0.2) is 5.12 Å². The van der Waals surface area contributed by atoms with Gasteiger partial charge < -0.3 is 10.2 Å². The third kappa shape index (κ3) is 4.41. The Hall–Kier alpha value is -1.49. The van der Waals surface area contributed by atoms with Gasteiger partial charge >= 0.3 is 0 Å². The van der Waals surface area contributed by atoms with Gasteiger partial charge in [0.05, 0.1) is 6.10 Å². The van der Waals surface area contributed by atoms with Gasteiger partial charge in [0.2, 0.25) is 5.82 Å². The van der Waals surface area contributed by atoms with Gasteiger partial charge in [0.1, 0.15) is 12.2 Å². The van der Waals surface area contributed by atoms with Crippen LogP contribution >= 0.6 is 11.8 Å². The summed E-state index contributed by atoms with van der Waals surface area (Å²) in [5.74, 6) is 0.442. The van der Waals surface area contributed by atoms with E-state index in [2.05, 4.69) is 9.97 Å². The highest BCUT2D eigenvalue weighted by Gasteiger charge is 2.19. The number of nitrogens with zero attached hydrogens (tertiary/aromatic N) is 3. The van der Waals surface area contributed by atoms with Crippen LogP contribution in [0.2, 0.25) is 0 Å². The van der Waals surface area contributed by atoms with Gasteiger partial charge in [-0.15, -0.1) is 0 Å². The Balaban J connectivity index is 2.54. The number of rotatable bonds is 5. The molecular formula is C11H13N3O3S. The van der Waals surface area contributed by atoms with Crippen LogP contribution in [-0.2, 0) is 4.79 Å². The topological polar surface area (TPSA) is 107 Å². The normalized spacial score (nSPS) is 13.7. The number of aliphatic hydroxyl groups is 2. The van der Waals surface area contributed by atoms with Crippen molar-refractivity contribution < 1.29 is 15.0 Å². The van der Waals surface area contributed by atoms with Crippen molar-refractivity contribution in [1.82, 2.24) is 9.97 Å². The summed E-state index contributed by atoms with van der Waals surface area (Å²) in [5, 5.41) is 28.0. The van der Waals surface area contributed by atoms with Crippen molar-refractivity contribution in [3.05, 3.63) is 23.8 Å². The minimum atomic E-state index is -1.12. The van der Waals surface area contributed by atoms with Crippen LogP contribution in [0, 0.1) is 11.3 Å². The number of carbonyl (C=O) groups excluding carboxylic acids is 1. The van der Waals surface area contributed by atoms with Gasteiger partial charge in [0, 0.05) is 30.6 Å². The summed E-state index contributed by atoms with van der Waals surface area (Å²) in [4.78, 5) is 18.1. The highest BCUT2D eigenvalue weighted by atomic mass is 32.2. The molecule has 0 aromatic carbocycles. The molecular weight excluding hydrogens is 254 g/mol. The van der Waals surface area contributed by atoms with Gasteiger partial charge in [0.25, 0.3) is 0 Å². The smallest absolute Gasteiger partial charge is 0.232 e. The second-order valence-electron chi connectivity index (χ2n) is 3.59. The number of carbonyl (C=O) groups is 1. The van der Waals surface area contributed by atoms with Crippen molar-refractivity contribution in [2.75, 3.05) is 5.75 Å². The van der Waals surface area contributed by atoms with E-state index in [1.165, 1.54) is 19.3 Å². The largest absolute Gasteiger partial charge is 0.390 e. The van der Waals surface area contributed by atoms with Crippen molar-refractivity contribution in [2.45, 2.75) is 25.6 Å². The van der Waals surface area contributed by atoms with Crippen LogP contribution in [0.3, 0.4) is 0 Å². The average Bonchev–Trinajstić information content (AvgIpc) is 2.37. The van der Waals surface area contributed by atoms with Gasteiger partial charge in [-0.3, -0.25) is 4.79 Å². The van der Waals surface area contributed by atoms with Crippen molar-refractivity contribution >= 4 is 16.9 Å². The fourth-order valence-corrected chi connectivity index (χ4v) is 1.90. The number of hydrogen-bond donors (Lipinski definition) is 2. The molecule has 0 radical (unpaired) electrons. The second kappa shape index (κ2) is 7.06.